The molecule has 4 heteroatoms. The minimum atomic E-state index is 0.455. The van der Waals surface area contributed by atoms with E-state index in [1.54, 1.807) is 0 Å². The Morgan fingerprint density at radius 2 is 2.38 bits per heavy atom. The van der Waals surface area contributed by atoms with Gasteiger partial charge in [-0.3, -0.25) is 4.90 Å². The van der Waals surface area contributed by atoms with Crippen molar-refractivity contribution >= 4 is 0 Å². The summed E-state index contributed by atoms with van der Waals surface area (Å²) < 4.78 is 2.13. The second-order valence-corrected chi connectivity index (χ2v) is 3.80. The zero-order valence-corrected chi connectivity index (χ0v) is 8.41. The first-order valence-electron chi connectivity index (χ1n) is 4.57. The van der Waals surface area contributed by atoms with E-state index >= 15 is 0 Å². The van der Waals surface area contributed by atoms with E-state index in [1.165, 1.54) is 11.4 Å². The van der Waals surface area contributed by atoms with Gasteiger partial charge in [-0.15, -0.1) is 0 Å². The highest BCUT2D eigenvalue weighted by molar-refractivity contribution is 5.20. The first-order chi connectivity index (χ1) is 6.20. The number of likely N-dealkylation sites (N-methyl/N-ethyl adjacent to an activating group) is 1. The van der Waals surface area contributed by atoms with Crippen molar-refractivity contribution in [2.75, 3.05) is 20.6 Å². The van der Waals surface area contributed by atoms with Crippen molar-refractivity contribution in [2.24, 2.45) is 7.05 Å². The highest BCUT2D eigenvalue weighted by Crippen LogP contribution is 2.23. The van der Waals surface area contributed by atoms with Crippen LogP contribution in [0.15, 0.2) is 6.33 Å². The van der Waals surface area contributed by atoms with Crippen molar-refractivity contribution < 1.29 is 0 Å². The van der Waals surface area contributed by atoms with Gasteiger partial charge in [-0.2, -0.15) is 0 Å². The third kappa shape index (κ3) is 1.36. The molecule has 0 bridgehead atoms. The number of fused-ring (bicyclic) bond motifs is 1. The van der Waals surface area contributed by atoms with E-state index in [1.807, 2.05) is 6.33 Å². The molecule has 0 aromatic carbocycles. The normalized spacial score (nSPS) is 22.0. The third-order valence-corrected chi connectivity index (χ3v) is 2.63. The van der Waals surface area contributed by atoms with E-state index in [0.717, 1.165) is 13.1 Å². The van der Waals surface area contributed by atoms with E-state index in [-0.39, 0.29) is 0 Å². The summed E-state index contributed by atoms with van der Waals surface area (Å²) in [5.41, 5.74) is 2.54. The SMILES string of the molecule is CN(C)C1CNCc2ncn(C)c21. The van der Waals surface area contributed by atoms with E-state index in [9.17, 15) is 0 Å². The number of hydrogen-bond donors (Lipinski definition) is 1. The van der Waals surface area contributed by atoms with Crippen molar-refractivity contribution in [2.45, 2.75) is 12.6 Å². The molecular weight excluding hydrogens is 164 g/mol. The summed E-state index contributed by atoms with van der Waals surface area (Å²) in [6.45, 7) is 1.92. The highest BCUT2D eigenvalue weighted by atomic mass is 15.2. The van der Waals surface area contributed by atoms with E-state index in [2.05, 4.69) is 40.9 Å². The van der Waals surface area contributed by atoms with Crippen LogP contribution in [-0.2, 0) is 13.6 Å². The molecule has 2 heterocycles. The number of aryl methyl sites for hydroxylation is 1. The molecule has 4 nitrogen and oxygen atoms in total. The summed E-state index contributed by atoms with van der Waals surface area (Å²) in [5.74, 6) is 0. The highest BCUT2D eigenvalue weighted by Gasteiger charge is 2.25. The molecule has 0 spiro atoms. The minimum Gasteiger partial charge on any atom is -0.336 e. The Morgan fingerprint density at radius 1 is 1.62 bits per heavy atom. The van der Waals surface area contributed by atoms with Crippen LogP contribution in [0.4, 0.5) is 0 Å². The summed E-state index contributed by atoms with van der Waals surface area (Å²) >= 11 is 0. The maximum atomic E-state index is 4.36. The standard InChI is InChI=1S/C9H16N4/c1-12(2)8-5-10-4-7-9(8)13(3)6-11-7/h6,8,10H,4-5H2,1-3H3. The van der Waals surface area contributed by atoms with E-state index in [0.29, 0.717) is 6.04 Å². The lowest BCUT2D eigenvalue weighted by molar-refractivity contribution is 0.264. The van der Waals surface area contributed by atoms with Crippen molar-refractivity contribution in [3.05, 3.63) is 17.7 Å². The largest absolute Gasteiger partial charge is 0.336 e. The van der Waals surface area contributed by atoms with Crippen LogP contribution < -0.4 is 5.32 Å². The molecule has 1 aromatic rings. The van der Waals surface area contributed by atoms with Crippen LogP contribution in [-0.4, -0.2) is 35.1 Å². The fourth-order valence-corrected chi connectivity index (χ4v) is 1.90. The monoisotopic (exact) mass is 180 g/mol. The van der Waals surface area contributed by atoms with Crippen LogP contribution in [0.1, 0.15) is 17.4 Å². The smallest absolute Gasteiger partial charge is 0.0950 e. The van der Waals surface area contributed by atoms with Gasteiger partial charge in [0.2, 0.25) is 0 Å². The number of hydrogen-bond acceptors (Lipinski definition) is 3. The predicted molar refractivity (Wildman–Crippen MR) is 51.3 cm³/mol. The van der Waals surface area contributed by atoms with Crippen LogP contribution in [0.2, 0.25) is 0 Å². The van der Waals surface area contributed by atoms with Crippen LogP contribution >= 0.6 is 0 Å². The van der Waals surface area contributed by atoms with Crippen LogP contribution in [0.5, 0.6) is 0 Å². The van der Waals surface area contributed by atoms with Gasteiger partial charge in [0.25, 0.3) is 0 Å². The number of nitrogens with zero attached hydrogens (tertiary/aromatic N) is 3. The average molecular weight is 180 g/mol. The van der Waals surface area contributed by atoms with Crippen molar-refractivity contribution in [1.82, 2.24) is 19.8 Å². The van der Waals surface area contributed by atoms with Gasteiger partial charge >= 0.3 is 0 Å². The first-order valence-corrected chi connectivity index (χ1v) is 4.57. The molecule has 1 aliphatic rings. The Hall–Kier alpha value is -0.870. The quantitative estimate of drug-likeness (QED) is 0.666. The Morgan fingerprint density at radius 3 is 3.08 bits per heavy atom. The fraction of sp³-hybridized carbons (Fsp3) is 0.667. The van der Waals surface area contributed by atoms with Gasteiger partial charge < -0.3 is 9.88 Å². The second kappa shape index (κ2) is 3.12. The Balaban J connectivity index is 2.40. The molecule has 1 unspecified atom stereocenters. The number of imidazole rings is 1. The second-order valence-electron chi connectivity index (χ2n) is 3.80. The Kier molecular flexibility index (Phi) is 2.09. The van der Waals surface area contributed by atoms with Crippen molar-refractivity contribution in [3.8, 4) is 0 Å². The molecule has 0 aliphatic carbocycles. The van der Waals surface area contributed by atoms with Gasteiger partial charge in [-0.25, -0.2) is 4.98 Å². The summed E-state index contributed by atoms with van der Waals surface area (Å²) in [6.07, 6.45) is 1.90. The summed E-state index contributed by atoms with van der Waals surface area (Å²) in [6, 6.07) is 0.455. The number of aromatic nitrogens is 2. The van der Waals surface area contributed by atoms with Crippen LogP contribution in [0.25, 0.3) is 0 Å². The van der Waals surface area contributed by atoms with Crippen molar-refractivity contribution in [1.29, 1.82) is 0 Å². The van der Waals surface area contributed by atoms with Crippen LogP contribution in [0.3, 0.4) is 0 Å². The lowest BCUT2D eigenvalue weighted by Crippen LogP contribution is -2.36. The maximum Gasteiger partial charge on any atom is 0.0950 e. The lowest BCUT2D eigenvalue weighted by atomic mass is 10.1. The summed E-state index contributed by atoms with van der Waals surface area (Å²) in [7, 11) is 6.27. The molecular formula is C9H16N4. The number of nitrogens with one attached hydrogen (secondary N) is 1. The summed E-state index contributed by atoms with van der Waals surface area (Å²) in [5, 5.41) is 3.37. The molecule has 1 atom stereocenters. The Bertz CT molecular complexity index is 303. The van der Waals surface area contributed by atoms with Gasteiger partial charge in [-0.05, 0) is 14.1 Å². The predicted octanol–water partition coefficient (Wildman–Crippen LogP) is 0.126. The molecule has 1 N–H and O–H groups in total. The van der Waals surface area contributed by atoms with Gasteiger partial charge in [0.05, 0.1) is 23.8 Å². The first kappa shape index (κ1) is 8.72. The molecule has 13 heavy (non-hydrogen) atoms. The molecule has 0 saturated carbocycles. The molecule has 1 aliphatic heterocycles. The van der Waals surface area contributed by atoms with Crippen LogP contribution in [0, 0.1) is 0 Å². The third-order valence-electron chi connectivity index (χ3n) is 2.63. The zero-order chi connectivity index (χ0) is 9.42. The average Bonchev–Trinajstić information content (AvgIpc) is 2.48. The van der Waals surface area contributed by atoms with Gasteiger partial charge in [-0.1, -0.05) is 0 Å². The van der Waals surface area contributed by atoms with Gasteiger partial charge in [0, 0.05) is 20.1 Å². The van der Waals surface area contributed by atoms with Crippen molar-refractivity contribution in [3.63, 3.8) is 0 Å². The lowest BCUT2D eigenvalue weighted by Gasteiger charge is -2.29. The molecule has 0 amide bonds. The molecule has 1 aromatic heterocycles. The van der Waals surface area contributed by atoms with E-state index < -0.39 is 0 Å². The van der Waals surface area contributed by atoms with Gasteiger partial charge in [0.15, 0.2) is 0 Å². The van der Waals surface area contributed by atoms with Gasteiger partial charge in [0.1, 0.15) is 0 Å². The molecule has 0 fully saturated rings. The minimum absolute atomic E-state index is 0.455. The number of rotatable bonds is 1. The molecule has 72 valence electrons. The summed E-state index contributed by atoms with van der Waals surface area (Å²) in [4.78, 5) is 6.59. The topological polar surface area (TPSA) is 33.1 Å². The molecule has 0 radical (unpaired) electrons. The fourth-order valence-electron chi connectivity index (χ4n) is 1.90. The van der Waals surface area contributed by atoms with E-state index in [4.69, 9.17) is 0 Å². The molecule has 0 saturated heterocycles. The Labute approximate surface area is 78.6 Å². The maximum absolute atomic E-state index is 4.36. The zero-order valence-electron chi connectivity index (χ0n) is 8.41. The molecule has 2 rings (SSSR count).